The molecule has 0 spiro atoms. The summed E-state index contributed by atoms with van der Waals surface area (Å²) in [6.45, 7) is 1.83. The molecule has 110 valence electrons. The summed E-state index contributed by atoms with van der Waals surface area (Å²) in [7, 11) is 0. The first-order valence-electron chi connectivity index (χ1n) is 7.72. The van der Waals surface area contributed by atoms with Crippen LogP contribution < -0.4 is 5.32 Å². The minimum Gasteiger partial charge on any atom is -0.384 e. The van der Waals surface area contributed by atoms with Crippen LogP contribution in [-0.2, 0) is 4.79 Å². The summed E-state index contributed by atoms with van der Waals surface area (Å²) in [4.78, 5) is 12.3. The number of rotatable bonds is 2. The predicted octanol–water partition coefficient (Wildman–Crippen LogP) is 2.71. The number of carbonyl (C=O) groups excluding carboxylic acids is 1. The molecule has 2 saturated carbocycles. The molecule has 1 aromatic carbocycles. The molecule has 2 fully saturated rings. The van der Waals surface area contributed by atoms with Crippen molar-refractivity contribution in [2.24, 2.45) is 17.8 Å². The molecule has 0 saturated heterocycles. The zero-order valence-electron chi connectivity index (χ0n) is 12.4. The van der Waals surface area contributed by atoms with E-state index in [2.05, 4.69) is 17.2 Å². The second-order valence-electron chi connectivity index (χ2n) is 6.12. The molecule has 2 unspecified atom stereocenters. The summed E-state index contributed by atoms with van der Waals surface area (Å²) in [6.07, 6.45) is 5.00. The van der Waals surface area contributed by atoms with Crippen molar-refractivity contribution in [1.82, 2.24) is 0 Å². The number of amides is 1. The van der Waals surface area contributed by atoms with E-state index in [9.17, 15) is 4.79 Å². The van der Waals surface area contributed by atoms with Gasteiger partial charge in [-0.05, 0) is 55.4 Å². The lowest BCUT2D eigenvalue weighted by Gasteiger charge is -2.07. The Hall–Kier alpha value is -1.79. The van der Waals surface area contributed by atoms with Gasteiger partial charge < -0.3 is 10.4 Å². The fraction of sp³-hybridized carbons (Fsp3) is 0.500. The van der Waals surface area contributed by atoms with Gasteiger partial charge in [0.25, 0.3) is 0 Å². The molecule has 2 atom stereocenters. The van der Waals surface area contributed by atoms with E-state index >= 15 is 0 Å². The van der Waals surface area contributed by atoms with Crippen LogP contribution in [0.4, 0.5) is 5.69 Å². The average molecular weight is 283 g/mol. The molecule has 0 radical (unpaired) electrons. The summed E-state index contributed by atoms with van der Waals surface area (Å²) in [5.74, 6) is 7.24. The minimum absolute atomic E-state index is 0.137. The van der Waals surface area contributed by atoms with Gasteiger partial charge >= 0.3 is 0 Å². The van der Waals surface area contributed by atoms with E-state index in [1.165, 1.54) is 25.7 Å². The first-order chi connectivity index (χ1) is 10.2. The molecule has 0 aromatic heterocycles. The Morgan fingerprint density at radius 1 is 1.33 bits per heavy atom. The van der Waals surface area contributed by atoms with Gasteiger partial charge in [0.1, 0.15) is 6.61 Å². The molecule has 2 aliphatic carbocycles. The van der Waals surface area contributed by atoms with Crippen molar-refractivity contribution in [3.8, 4) is 11.8 Å². The lowest BCUT2D eigenvalue weighted by Crippen LogP contribution is -2.15. The summed E-state index contributed by atoms with van der Waals surface area (Å²) < 4.78 is 0. The van der Waals surface area contributed by atoms with Gasteiger partial charge in [-0.25, -0.2) is 0 Å². The first-order valence-corrected chi connectivity index (χ1v) is 7.72. The Bertz CT molecular complexity index is 599. The van der Waals surface area contributed by atoms with Crippen molar-refractivity contribution in [3.05, 3.63) is 29.3 Å². The average Bonchev–Trinajstić information content (AvgIpc) is 3.21. The van der Waals surface area contributed by atoms with Gasteiger partial charge in [0.05, 0.1) is 0 Å². The summed E-state index contributed by atoms with van der Waals surface area (Å²) >= 11 is 0. The molecule has 1 aromatic rings. The minimum atomic E-state index is -0.137. The van der Waals surface area contributed by atoms with Crippen molar-refractivity contribution in [3.63, 3.8) is 0 Å². The monoisotopic (exact) mass is 283 g/mol. The van der Waals surface area contributed by atoms with Gasteiger partial charge in [0.15, 0.2) is 0 Å². The molecule has 0 bridgehead atoms. The lowest BCUT2D eigenvalue weighted by molar-refractivity contribution is -0.117. The largest absolute Gasteiger partial charge is 0.384 e. The molecule has 3 nitrogen and oxygen atoms in total. The second kappa shape index (κ2) is 5.91. The van der Waals surface area contributed by atoms with Crippen molar-refractivity contribution >= 4 is 11.6 Å². The maximum atomic E-state index is 12.3. The number of aliphatic hydroxyl groups excluding tert-OH is 1. The first kappa shape index (κ1) is 14.2. The number of aliphatic hydroxyl groups is 1. The molecule has 0 heterocycles. The van der Waals surface area contributed by atoms with E-state index in [-0.39, 0.29) is 18.4 Å². The van der Waals surface area contributed by atoms with E-state index in [1.807, 2.05) is 25.1 Å². The number of hydrogen-bond donors (Lipinski definition) is 2. The van der Waals surface area contributed by atoms with Crippen LogP contribution in [-0.4, -0.2) is 17.6 Å². The number of anilines is 1. The molecule has 21 heavy (non-hydrogen) atoms. The smallest absolute Gasteiger partial charge is 0.228 e. The number of aryl methyl sites for hydroxylation is 1. The Kier molecular flexibility index (Phi) is 3.98. The van der Waals surface area contributed by atoms with Gasteiger partial charge in [-0.3, -0.25) is 4.79 Å². The van der Waals surface area contributed by atoms with E-state index in [1.54, 1.807) is 0 Å². The highest BCUT2D eigenvalue weighted by atomic mass is 16.2. The molecular weight excluding hydrogens is 262 g/mol. The zero-order chi connectivity index (χ0) is 14.8. The highest BCUT2D eigenvalue weighted by Gasteiger charge is 2.54. The fourth-order valence-corrected chi connectivity index (χ4v) is 3.62. The maximum Gasteiger partial charge on any atom is 0.228 e. The Balaban J connectivity index is 1.65. The SMILES string of the molecule is Cc1cc(NC(=O)C2C3CCCCC32)ccc1C#CCO. The van der Waals surface area contributed by atoms with Crippen LogP contribution >= 0.6 is 0 Å². The van der Waals surface area contributed by atoms with E-state index in [4.69, 9.17) is 5.11 Å². The Morgan fingerprint density at radius 3 is 2.67 bits per heavy atom. The number of nitrogens with one attached hydrogen (secondary N) is 1. The Labute approximate surface area is 125 Å². The van der Waals surface area contributed by atoms with Crippen molar-refractivity contribution in [2.45, 2.75) is 32.6 Å². The van der Waals surface area contributed by atoms with Crippen LogP contribution in [0.5, 0.6) is 0 Å². The van der Waals surface area contributed by atoms with E-state index in [0.29, 0.717) is 11.8 Å². The third-order valence-corrected chi connectivity index (χ3v) is 4.76. The topological polar surface area (TPSA) is 49.3 Å². The Morgan fingerprint density at radius 2 is 2.05 bits per heavy atom. The standard InChI is InChI=1S/C18H21NO2/c1-12-11-14(9-8-13(12)5-4-10-20)19-18(21)17-15-6-2-3-7-16(15)17/h8-9,11,15-17,20H,2-3,6-7,10H2,1H3,(H,19,21). The van der Waals surface area contributed by atoms with E-state index in [0.717, 1.165) is 16.8 Å². The van der Waals surface area contributed by atoms with Crippen molar-refractivity contribution < 1.29 is 9.90 Å². The van der Waals surface area contributed by atoms with E-state index < -0.39 is 0 Å². The number of hydrogen-bond acceptors (Lipinski definition) is 2. The quantitative estimate of drug-likeness (QED) is 0.820. The van der Waals surface area contributed by atoms with Crippen LogP contribution in [0, 0.1) is 36.5 Å². The van der Waals surface area contributed by atoms with Crippen LogP contribution in [0.1, 0.15) is 36.8 Å². The van der Waals surface area contributed by atoms with Crippen LogP contribution in [0.3, 0.4) is 0 Å². The highest BCUT2D eigenvalue weighted by molar-refractivity contribution is 5.95. The summed E-state index contributed by atoms with van der Waals surface area (Å²) in [6, 6.07) is 5.73. The molecule has 0 aliphatic heterocycles. The fourth-order valence-electron chi connectivity index (χ4n) is 3.62. The van der Waals surface area contributed by atoms with Gasteiger partial charge in [-0.1, -0.05) is 24.7 Å². The molecule has 2 N–H and O–H groups in total. The summed E-state index contributed by atoms with van der Waals surface area (Å²) in [5.41, 5.74) is 2.75. The third kappa shape index (κ3) is 2.96. The zero-order valence-corrected chi connectivity index (χ0v) is 12.4. The van der Waals surface area contributed by atoms with Crippen LogP contribution in [0.2, 0.25) is 0 Å². The van der Waals surface area contributed by atoms with Gasteiger partial charge in [0, 0.05) is 17.2 Å². The van der Waals surface area contributed by atoms with Crippen LogP contribution in [0.15, 0.2) is 18.2 Å². The van der Waals surface area contributed by atoms with Gasteiger partial charge in [-0.2, -0.15) is 0 Å². The number of carbonyl (C=O) groups is 1. The predicted molar refractivity (Wildman–Crippen MR) is 82.7 cm³/mol. The number of fused-ring (bicyclic) bond motifs is 1. The molecule has 3 rings (SSSR count). The molecule has 2 aliphatic rings. The molecule has 3 heteroatoms. The molecule has 1 amide bonds. The molecular formula is C18H21NO2. The lowest BCUT2D eigenvalue weighted by atomic mass is 10.0. The van der Waals surface area contributed by atoms with Gasteiger partial charge in [0.2, 0.25) is 5.91 Å². The van der Waals surface area contributed by atoms with Crippen molar-refractivity contribution in [2.75, 3.05) is 11.9 Å². The maximum absolute atomic E-state index is 12.3. The summed E-state index contributed by atoms with van der Waals surface area (Å²) in [5, 5.41) is 11.8. The second-order valence-corrected chi connectivity index (χ2v) is 6.12. The third-order valence-electron chi connectivity index (χ3n) is 4.76. The van der Waals surface area contributed by atoms with Crippen LogP contribution in [0.25, 0.3) is 0 Å². The number of benzene rings is 1. The normalized spacial score (nSPS) is 26.3. The highest BCUT2D eigenvalue weighted by Crippen LogP contribution is 2.55. The van der Waals surface area contributed by atoms with Crippen molar-refractivity contribution in [1.29, 1.82) is 0 Å². The van der Waals surface area contributed by atoms with Gasteiger partial charge in [-0.15, -0.1) is 0 Å².